The Morgan fingerprint density at radius 2 is 1.48 bits per heavy atom. The summed E-state index contributed by atoms with van der Waals surface area (Å²) in [5.41, 5.74) is 0.870. The minimum Gasteiger partial charge on any atom is -0.496 e. The van der Waals surface area contributed by atoms with Gasteiger partial charge in [0.15, 0.2) is 11.5 Å². The van der Waals surface area contributed by atoms with E-state index >= 15 is 0 Å². The summed E-state index contributed by atoms with van der Waals surface area (Å²) in [7, 11) is 6.98. The number of hydrazone groups is 1. The lowest BCUT2D eigenvalue weighted by molar-refractivity contribution is 0.159. The molecule has 0 unspecified atom stereocenters. The quantitative estimate of drug-likeness (QED) is 0.766. The van der Waals surface area contributed by atoms with Gasteiger partial charge in [0.2, 0.25) is 0 Å². The zero-order valence-electron chi connectivity index (χ0n) is 13.1. The Morgan fingerprint density at radius 1 is 0.905 bits per heavy atom. The molecule has 6 nitrogen and oxygen atoms in total. The highest BCUT2D eigenvalue weighted by molar-refractivity contribution is 5.85. The molecule has 6 heteroatoms. The van der Waals surface area contributed by atoms with Crippen molar-refractivity contribution in [3.8, 4) is 17.2 Å². The van der Waals surface area contributed by atoms with E-state index in [-0.39, 0.29) is 0 Å². The van der Waals surface area contributed by atoms with Gasteiger partial charge in [-0.25, -0.2) is 0 Å². The Balaban J connectivity index is 2.18. The normalized spacial score (nSPS) is 16.3. The van der Waals surface area contributed by atoms with E-state index in [0.717, 1.165) is 31.7 Å². The molecule has 0 amide bonds. The van der Waals surface area contributed by atoms with Crippen molar-refractivity contribution in [3.63, 3.8) is 0 Å². The van der Waals surface area contributed by atoms with E-state index in [2.05, 4.69) is 22.1 Å². The third kappa shape index (κ3) is 3.78. The lowest BCUT2D eigenvalue weighted by Crippen LogP contribution is -2.41. The van der Waals surface area contributed by atoms with Crippen molar-refractivity contribution < 1.29 is 14.2 Å². The number of piperazine rings is 1. The van der Waals surface area contributed by atoms with Gasteiger partial charge in [0.25, 0.3) is 0 Å². The van der Waals surface area contributed by atoms with E-state index in [1.165, 1.54) is 0 Å². The van der Waals surface area contributed by atoms with Gasteiger partial charge in [0.1, 0.15) is 5.75 Å². The van der Waals surface area contributed by atoms with Crippen molar-refractivity contribution in [1.82, 2.24) is 9.91 Å². The number of nitrogens with zero attached hydrogens (tertiary/aromatic N) is 3. The van der Waals surface area contributed by atoms with Crippen LogP contribution in [-0.2, 0) is 0 Å². The van der Waals surface area contributed by atoms with Gasteiger partial charge in [-0.2, -0.15) is 5.10 Å². The van der Waals surface area contributed by atoms with Gasteiger partial charge in [-0.05, 0) is 13.1 Å². The topological polar surface area (TPSA) is 46.5 Å². The zero-order chi connectivity index (χ0) is 15.2. The molecule has 0 saturated carbocycles. The van der Waals surface area contributed by atoms with E-state index < -0.39 is 0 Å². The smallest absolute Gasteiger partial charge is 0.164 e. The largest absolute Gasteiger partial charge is 0.496 e. The minimum absolute atomic E-state index is 0.645. The molecule has 1 aliphatic rings. The average molecular weight is 293 g/mol. The van der Waals surface area contributed by atoms with Gasteiger partial charge in [-0.15, -0.1) is 0 Å². The van der Waals surface area contributed by atoms with Gasteiger partial charge in [-0.1, -0.05) is 0 Å². The van der Waals surface area contributed by atoms with E-state index in [0.29, 0.717) is 17.2 Å². The second-order valence-electron chi connectivity index (χ2n) is 4.95. The Labute approximate surface area is 125 Å². The predicted molar refractivity (Wildman–Crippen MR) is 82.8 cm³/mol. The molecule has 1 saturated heterocycles. The highest BCUT2D eigenvalue weighted by atomic mass is 16.5. The van der Waals surface area contributed by atoms with E-state index in [1.807, 2.05) is 18.3 Å². The van der Waals surface area contributed by atoms with Crippen molar-refractivity contribution in [2.45, 2.75) is 0 Å². The number of ether oxygens (including phenoxy) is 3. The lowest BCUT2D eigenvalue weighted by Gasteiger charge is -2.30. The molecule has 0 aliphatic carbocycles. The first-order valence-electron chi connectivity index (χ1n) is 6.95. The standard InChI is InChI=1S/C15H23N3O3/c1-17-5-7-18(8-6-17)16-11-12-9-14(20-3)15(21-4)10-13(12)19-2/h9-11H,5-8H2,1-4H3. The molecule has 1 aromatic rings. The second kappa shape index (κ2) is 7.17. The monoisotopic (exact) mass is 293 g/mol. The van der Waals surface area contributed by atoms with Crippen molar-refractivity contribution in [3.05, 3.63) is 17.7 Å². The van der Waals surface area contributed by atoms with E-state index in [9.17, 15) is 0 Å². The molecule has 1 fully saturated rings. The molecule has 0 bridgehead atoms. The van der Waals surface area contributed by atoms with Crippen LogP contribution in [0.2, 0.25) is 0 Å². The summed E-state index contributed by atoms with van der Waals surface area (Å²) in [5.74, 6) is 2.02. The van der Waals surface area contributed by atoms with Gasteiger partial charge < -0.3 is 19.1 Å². The summed E-state index contributed by atoms with van der Waals surface area (Å²) in [6.07, 6.45) is 1.81. The summed E-state index contributed by atoms with van der Waals surface area (Å²) in [6, 6.07) is 3.68. The highest BCUT2D eigenvalue weighted by Crippen LogP contribution is 2.33. The third-order valence-corrected chi connectivity index (χ3v) is 3.58. The Morgan fingerprint density at radius 3 is 2.05 bits per heavy atom. The number of rotatable bonds is 5. The Bertz CT molecular complexity index is 497. The second-order valence-corrected chi connectivity index (χ2v) is 4.95. The Hall–Kier alpha value is -1.95. The molecule has 1 aromatic carbocycles. The fraction of sp³-hybridized carbons (Fsp3) is 0.533. The van der Waals surface area contributed by atoms with Crippen LogP contribution < -0.4 is 14.2 Å². The molecule has 0 N–H and O–H groups in total. The van der Waals surface area contributed by atoms with Crippen molar-refractivity contribution in [1.29, 1.82) is 0 Å². The Kier molecular flexibility index (Phi) is 5.27. The molecule has 116 valence electrons. The molecular formula is C15H23N3O3. The van der Waals surface area contributed by atoms with Crippen LogP contribution >= 0.6 is 0 Å². The summed E-state index contributed by atoms with van der Waals surface area (Å²) >= 11 is 0. The highest BCUT2D eigenvalue weighted by Gasteiger charge is 2.13. The van der Waals surface area contributed by atoms with Crippen LogP contribution in [0.25, 0.3) is 0 Å². The van der Waals surface area contributed by atoms with Crippen LogP contribution in [0, 0.1) is 0 Å². The molecule has 1 aliphatic heterocycles. The molecule has 0 atom stereocenters. The van der Waals surface area contributed by atoms with Crippen LogP contribution in [0.15, 0.2) is 17.2 Å². The minimum atomic E-state index is 0.645. The lowest BCUT2D eigenvalue weighted by atomic mass is 10.2. The molecule has 1 heterocycles. The molecule has 21 heavy (non-hydrogen) atoms. The zero-order valence-corrected chi connectivity index (χ0v) is 13.1. The maximum absolute atomic E-state index is 5.39. The molecule has 2 rings (SSSR count). The number of likely N-dealkylation sites (N-methyl/N-ethyl adjacent to an activating group) is 1. The maximum atomic E-state index is 5.39. The van der Waals surface area contributed by atoms with E-state index in [4.69, 9.17) is 14.2 Å². The maximum Gasteiger partial charge on any atom is 0.164 e. The number of hydrogen-bond donors (Lipinski definition) is 0. The van der Waals surface area contributed by atoms with Gasteiger partial charge in [0, 0.05) is 37.8 Å². The average Bonchev–Trinajstić information content (AvgIpc) is 2.53. The molecule has 0 spiro atoms. The first-order chi connectivity index (χ1) is 10.2. The van der Waals surface area contributed by atoms with Gasteiger partial charge in [-0.3, -0.25) is 5.01 Å². The third-order valence-electron chi connectivity index (χ3n) is 3.58. The number of benzene rings is 1. The first kappa shape index (κ1) is 15.4. The van der Waals surface area contributed by atoms with Crippen LogP contribution in [0.1, 0.15) is 5.56 Å². The van der Waals surface area contributed by atoms with Crippen LogP contribution in [0.4, 0.5) is 0 Å². The molecule has 0 radical (unpaired) electrons. The molecule has 0 aromatic heterocycles. The van der Waals surface area contributed by atoms with Crippen LogP contribution in [0.3, 0.4) is 0 Å². The van der Waals surface area contributed by atoms with Crippen molar-refractivity contribution in [2.24, 2.45) is 5.10 Å². The van der Waals surface area contributed by atoms with Gasteiger partial charge >= 0.3 is 0 Å². The fourth-order valence-corrected chi connectivity index (χ4v) is 2.21. The van der Waals surface area contributed by atoms with E-state index in [1.54, 1.807) is 21.3 Å². The first-order valence-corrected chi connectivity index (χ1v) is 6.95. The molecular weight excluding hydrogens is 270 g/mol. The predicted octanol–water partition coefficient (Wildman–Crippen LogP) is 1.29. The SMILES string of the molecule is COc1cc(OC)c(OC)cc1C=NN1CCN(C)CC1. The summed E-state index contributed by atoms with van der Waals surface area (Å²) in [5, 5.41) is 6.60. The summed E-state index contributed by atoms with van der Waals surface area (Å²) < 4.78 is 16.0. The van der Waals surface area contributed by atoms with Gasteiger partial charge in [0.05, 0.1) is 27.5 Å². The van der Waals surface area contributed by atoms with Crippen LogP contribution in [0.5, 0.6) is 17.2 Å². The summed E-state index contributed by atoms with van der Waals surface area (Å²) in [6.45, 7) is 3.92. The van der Waals surface area contributed by atoms with Crippen molar-refractivity contribution >= 4 is 6.21 Å². The summed E-state index contributed by atoms with van der Waals surface area (Å²) in [4.78, 5) is 2.29. The van der Waals surface area contributed by atoms with Crippen LogP contribution in [-0.4, -0.2) is 70.7 Å². The number of hydrogen-bond acceptors (Lipinski definition) is 6. The fourth-order valence-electron chi connectivity index (χ4n) is 2.21. The van der Waals surface area contributed by atoms with Crippen molar-refractivity contribution in [2.75, 3.05) is 54.6 Å². The number of methoxy groups -OCH3 is 3.